The van der Waals surface area contributed by atoms with Gasteiger partial charge in [-0.05, 0) is 74.7 Å². The maximum Gasteiger partial charge on any atom is 0.340 e. The fourth-order valence-electron chi connectivity index (χ4n) is 3.49. The number of benzene rings is 2. The van der Waals surface area contributed by atoms with E-state index in [1.807, 2.05) is 75.3 Å². The Bertz CT molecular complexity index is 1050. The third-order valence-corrected chi connectivity index (χ3v) is 5.35. The van der Waals surface area contributed by atoms with E-state index in [4.69, 9.17) is 4.74 Å². The minimum absolute atomic E-state index is 0.226. The third kappa shape index (κ3) is 4.01. The number of allylic oxidation sites excluding steroid dienone is 1. The van der Waals surface area contributed by atoms with Crippen LogP contribution in [-0.4, -0.2) is 32.6 Å². The van der Waals surface area contributed by atoms with Crippen LogP contribution in [-0.2, 0) is 14.3 Å². The smallest absolute Gasteiger partial charge is 0.340 e. The molecule has 5 nitrogen and oxygen atoms in total. The van der Waals surface area contributed by atoms with Gasteiger partial charge in [0.2, 0.25) is 0 Å². The Kier molecular flexibility index (Phi) is 6.11. The quantitative estimate of drug-likeness (QED) is 0.538. The fourth-order valence-corrected chi connectivity index (χ4v) is 3.49. The van der Waals surface area contributed by atoms with Crippen molar-refractivity contribution in [3.63, 3.8) is 0 Å². The van der Waals surface area contributed by atoms with Crippen LogP contribution in [0.15, 0.2) is 59.3 Å². The molecule has 0 N–H and O–H groups in total. The molecule has 0 saturated carbocycles. The Hall–Kier alpha value is -3.34. The van der Waals surface area contributed by atoms with Crippen LogP contribution in [0.4, 0.5) is 11.4 Å². The summed E-state index contributed by atoms with van der Waals surface area (Å²) in [4.78, 5) is 29.8. The molecular formula is C25H28N2O3. The van der Waals surface area contributed by atoms with Gasteiger partial charge < -0.3 is 9.64 Å². The maximum absolute atomic E-state index is 13.4. The standard InChI is InChI=1S/C25H28N2O3/c1-7-30-25(29)23-18(4)27(21-11-8-16(2)17(3)14-21)24(28)22(23)15-19-9-12-20(13-10-19)26(5)6/h8-15H,7H2,1-6H3. The Morgan fingerprint density at radius 2 is 1.70 bits per heavy atom. The van der Waals surface area contributed by atoms with Gasteiger partial charge in [-0.1, -0.05) is 18.2 Å². The minimum Gasteiger partial charge on any atom is -0.462 e. The van der Waals surface area contributed by atoms with Crippen LogP contribution in [0.25, 0.3) is 6.08 Å². The lowest BCUT2D eigenvalue weighted by Crippen LogP contribution is -2.24. The number of anilines is 2. The van der Waals surface area contributed by atoms with Crippen molar-refractivity contribution < 1.29 is 14.3 Å². The minimum atomic E-state index is -0.481. The highest BCUT2D eigenvalue weighted by molar-refractivity contribution is 6.23. The van der Waals surface area contributed by atoms with E-state index in [9.17, 15) is 9.59 Å². The Morgan fingerprint density at radius 3 is 2.27 bits per heavy atom. The van der Waals surface area contributed by atoms with Gasteiger partial charge in [0.1, 0.15) is 0 Å². The summed E-state index contributed by atoms with van der Waals surface area (Å²) in [5.74, 6) is -0.707. The summed E-state index contributed by atoms with van der Waals surface area (Å²) >= 11 is 0. The summed E-state index contributed by atoms with van der Waals surface area (Å²) < 4.78 is 5.27. The Morgan fingerprint density at radius 1 is 1.03 bits per heavy atom. The van der Waals surface area contributed by atoms with Crippen molar-refractivity contribution in [3.8, 4) is 0 Å². The molecular weight excluding hydrogens is 376 g/mol. The maximum atomic E-state index is 13.4. The van der Waals surface area contributed by atoms with Crippen molar-refractivity contribution in [2.75, 3.05) is 30.5 Å². The van der Waals surface area contributed by atoms with Gasteiger partial charge in [0.15, 0.2) is 0 Å². The highest BCUT2D eigenvalue weighted by Crippen LogP contribution is 2.36. The first-order chi connectivity index (χ1) is 14.2. The molecule has 0 atom stereocenters. The summed E-state index contributed by atoms with van der Waals surface area (Å²) in [6.07, 6.45) is 1.76. The third-order valence-electron chi connectivity index (χ3n) is 5.35. The molecule has 2 aromatic carbocycles. The number of amides is 1. The molecule has 0 radical (unpaired) electrons. The van der Waals surface area contributed by atoms with Crippen molar-refractivity contribution in [2.24, 2.45) is 0 Å². The van der Waals surface area contributed by atoms with Crippen LogP contribution in [0, 0.1) is 13.8 Å². The van der Waals surface area contributed by atoms with E-state index in [1.165, 1.54) is 0 Å². The lowest BCUT2D eigenvalue weighted by atomic mass is 10.0. The molecule has 3 rings (SSSR count). The van der Waals surface area contributed by atoms with Crippen molar-refractivity contribution in [2.45, 2.75) is 27.7 Å². The predicted molar refractivity (Wildman–Crippen MR) is 121 cm³/mol. The summed E-state index contributed by atoms with van der Waals surface area (Å²) in [7, 11) is 3.95. The summed E-state index contributed by atoms with van der Waals surface area (Å²) in [6, 6.07) is 13.7. The molecule has 0 aromatic heterocycles. The summed E-state index contributed by atoms with van der Waals surface area (Å²) in [6.45, 7) is 7.83. The number of carbonyl (C=O) groups excluding carboxylic acids is 2. The number of aryl methyl sites for hydroxylation is 2. The monoisotopic (exact) mass is 404 g/mol. The van der Waals surface area contributed by atoms with E-state index < -0.39 is 5.97 Å². The normalized spacial score (nSPS) is 15.2. The molecule has 0 unspecified atom stereocenters. The van der Waals surface area contributed by atoms with Crippen molar-refractivity contribution in [1.29, 1.82) is 0 Å². The lowest BCUT2D eigenvalue weighted by Gasteiger charge is -2.19. The molecule has 0 fully saturated rings. The fraction of sp³-hybridized carbons (Fsp3) is 0.280. The highest BCUT2D eigenvalue weighted by atomic mass is 16.5. The number of nitrogens with zero attached hydrogens (tertiary/aromatic N) is 2. The molecule has 0 saturated heterocycles. The van der Waals surface area contributed by atoms with Gasteiger partial charge in [-0.2, -0.15) is 0 Å². The second-order valence-corrected chi connectivity index (χ2v) is 7.63. The lowest BCUT2D eigenvalue weighted by molar-refractivity contribution is -0.138. The molecule has 2 aromatic rings. The molecule has 1 heterocycles. The average Bonchev–Trinajstić information content (AvgIpc) is 2.94. The molecule has 1 aliphatic heterocycles. The van der Waals surface area contributed by atoms with Gasteiger partial charge in [-0.15, -0.1) is 0 Å². The van der Waals surface area contributed by atoms with E-state index in [2.05, 4.69) is 0 Å². The van der Waals surface area contributed by atoms with Gasteiger partial charge in [-0.3, -0.25) is 9.69 Å². The SMILES string of the molecule is CCOC(=O)C1=C(C)N(c2ccc(C)c(C)c2)C(=O)C1=Cc1ccc(N(C)C)cc1. The molecule has 0 spiro atoms. The zero-order chi connectivity index (χ0) is 22.0. The van der Waals surface area contributed by atoms with Gasteiger partial charge in [0.05, 0.1) is 17.8 Å². The van der Waals surface area contributed by atoms with E-state index in [0.717, 1.165) is 28.1 Å². The number of esters is 1. The second kappa shape index (κ2) is 8.57. The first-order valence-electron chi connectivity index (χ1n) is 10.0. The summed E-state index contributed by atoms with van der Waals surface area (Å²) in [5.41, 5.74) is 6.13. The predicted octanol–water partition coefficient (Wildman–Crippen LogP) is 4.64. The van der Waals surface area contributed by atoms with Crippen LogP contribution in [0.2, 0.25) is 0 Å². The topological polar surface area (TPSA) is 49.9 Å². The number of hydrogen-bond acceptors (Lipinski definition) is 4. The molecule has 5 heteroatoms. The van der Waals surface area contributed by atoms with Gasteiger partial charge in [-0.25, -0.2) is 4.79 Å². The van der Waals surface area contributed by atoms with Crippen LogP contribution in [0.3, 0.4) is 0 Å². The Balaban J connectivity index is 2.10. The zero-order valence-corrected chi connectivity index (χ0v) is 18.4. The highest BCUT2D eigenvalue weighted by Gasteiger charge is 2.38. The molecule has 0 bridgehead atoms. The first-order valence-corrected chi connectivity index (χ1v) is 10.0. The van der Waals surface area contributed by atoms with Crippen molar-refractivity contribution in [3.05, 3.63) is 76.0 Å². The van der Waals surface area contributed by atoms with Crippen LogP contribution >= 0.6 is 0 Å². The molecule has 156 valence electrons. The van der Waals surface area contributed by atoms with Crippen molar-refractivity contribution >= 4 is 29.3 Å². The molecule has 30 heavy (non-hydrogen) atoms. The van der Waals surface area contributed by atoms with Gasteiger partial charge >= 0.3 is 5.97 Å². The van der Waals surface area contributed by atoms with E-state index in [0.29, 0.717) is 16.8 Å². The van der Waals surface area contributed by atoms with Crippen LogP contribution < -0.4 is 9.80 Å². The summed E-state index contributed by atoms with van der Waals surface area (Å²) in [5, 5.41) is 0. The van der Waals surface area contributed by atoms with Crippen molar-refractivity contribution in [1.82, 2.24) is 0 Å². The molecule has 1 aliphatic rings. The average molecular weight is 405 g/mol. The van der Waals surface area contributed by atoms with E-state index in [-0.39, 0.29) is 12.5 Å². The number of hydrogen-bond donors (Lipinski definition) is 0. The second-order valence-electron chi connectivity index (χ2n) is 7.63. The van der Waals surface area contributed by atoms with Gasteiger partial charge in [0, 0.05) is 31.2 Å². The van der Waals surface area contributed by atoms with Crippen LogP contribution in [0.5, 0.6) is 0 Å². The first kappa shape index (κ1) is 21.4. The Labute approximate surface area is 178 Å². The number of ether oxygens (including phenoxy) is 1. The molecule has 0 aliphatic carbocycles. The van der Waals surface area contributed by atoms with Gasteiger partial charge in [0.25, 0.3) is 5.91 Å². The van der Waals surface area contributed by atoms with E-state index >= 15 is 0 Å². The zero-order valence-electron chi connectivity index (χ0n) is 18.4. The molecule has 1 amide bonds. The number of rotatable bonds is 5. The van der Waals surface area contributed by atoms with E-state index in [1.54, 1.807) is 24.8 Å². The largest absolute Gasteiger partial charge is 0.462 e. The number of carbonyl (C=O) groups is 2. The van der Waals surface area contributed by atoms with Crippen LogP contribution in [0.1, 0.15) is 30.5 Å².